The van der Waals surface area contributed by atoms with Gasteiger partial charge < -0.3 is 15.9 Å². The first-order chi connectivity index (χ1) is 3.50. The molecule has 0 atom stereocenters. The zero-order valence-corrected chi connectivity index (χ0v) is 4.59. The van der Waals surface area contributed by atoms with Gasteiger partial charge in [0.1, 0.15) is 0 Å². The smallest absolute Gasteiger partial charge is 0.236 e. The molecule has 0 spiro atoms. The number of carbonyl (C=O) groups is 1. The van der Waals surface area contributed by atoms with Crippen LogP contribution in [0.15, 0.2) is 0 Å². The highest BCUT2D eigenvalue weighted by molar-refractivity contribution is 5.82. The van der Waals surface area contributed by atoms with E-state index in [4.69, 9.17) is 15.9 Å². The highest BCUT2D eigenvalue weighted by atomic mass is 16.5. The van der Waals surface area contributed by atoms with E-state index in [0.717, 1.165) is 6.92 Å². The molecule has 0 rings (SSSR count). The van der Waals surface area contributed by atoms with E-state index in [-0.39, 0.29) is 0 Å². The Hall–Kier alpha value is -0.450. The fourth-order valence-corrected chi connectivity index (χ4v) is 0.144. The lowest BCUT2D eigenvalue weighted by atomic mass is 10.2. The number of nitrogens with two attached hydrogens (primary N) is 1. The van der Waals surface area contributed by atoms with Crippen molar-refractivity contribution in [3.05, 3.63) is 0 Å². The van der Waals surface area contributed by atoms with Gasteiger partial charge in [0.05, 0.1) is 6.54 Å². The van der Waals surface area contributed by atoms with Gasteiger partial charge in [-0.3, -0.25) is 4.79 Å². The summed E-state index contributed by atoms with van der Waals surface area (Å²) in [6, 6.07) is 0. The third-order valence-corrected chi connectivity index (χ3v) is 0.848. The van der Waals surface area contributed by atoms with Gasteiger partial charge >= 0.3 is 0 Å². The molecule has 4 nitrogen and oxygen atoms in total. The lowest BCUT2D eigenvalue weighted by Gasteiger charge is -2.13. The second-order valence-electron chi connectivity index (χ2n) is 1.58. The topological polar surface area (TPSA) is 83.5 Å². The van der Waals surface area contributed by atoms with E-state index in [1.165, 1.54) is 0 Å². The maximum absolute atomic E-state index is 10.1. The van der Waals surface area contributed by atoms with E-state index in [9.17, 15) is 4.79 Å². The van der Waals surface area contributed by atoms with Crippen LogP contribution in [0.5, 0.6) is 0 Å². The van der Waals surface area contributed by atoms with Gasteiger partial charge in [0.2, 0.25) is 5.79 Å². The Kier molecular flexibility index (Phi) is 2.09. The molecule has 8 heavy (non-hydrogen) atoms. The van der Waals surface area contributed by atoms with Crippen molar-refractivity contribution in [1.82, 2.24) is 0 Å². The Morgan fingerprint density at radius 2 is 2.12 bits per heavy atom. The Morgan fingerprint density at radius 1 is 1.75 bits per heavy atom. The minimum absolute atomic E-state index is 0.456. The largest absolute Gasteiger partial charge is 0.359 e. The standard InChI is InChI=1S/C4H9NO3/c1-3(6)4(7,8)2-5/h7-8H,2,5H2,1H3. The number of aliphatic hydroxyl groups is 2. The van der Waals surface area contributed by atoms with Crippen LogP contribution in [0.1, 0.15) is 6.92 Å². The molecular formula is C4H9NO3. The molecule has 0 aromatic heterocycles. The molecule has 0 fully saturated rings. The van der Waals surface area contributed by atoms with Crippen molar-refractivity contribution >= 4 is 5.78 Å². The summed E-state index contributed by atoms with van der Waals surface area (Å²) < 4.78 is 0. The highest BCUT2D eigenvalue weighted by Crippen LogP contribution is 1.95. The summed E-state index contributed by atoms with van der Waals surface area (Å²) in [5, 5.41) is 17.0. The van der Waals surface area contributed by atoms with Gasteiger partial charge in [0.15, 0.2) is 5.78 Å². The highest BCUT2D eigenvalue weighted by Gasteiger charge is 2.26. The molecule has 0 bridgehead atoms. The van der Waals surface area contributed by atoms with Gasteiger partial charge in [-0.2, -0.15) is 0 Å². The average Bonchev–Trinajstić information content (AvgIpc) is 1.67. The van der Waals surface area contributed by atoms with E-state index in [1.807, 2.05) is 0 Å². The summed E-state index contributed by atoms with van der Waals surface area (Å²) in [5.74, 6) is -3.06. The van der Waals surface area contributed by atoms with Crippen molar-refractivity contribution in [2.75, 3.05) is 6.54 Å². The van der Waals surface area contributed by atoms with E-state index in [1.54, 1.807) is 0 Å². The Balaban J connectivity index is 3.91. The molecule has 4 heteroatoms. The first-order valence-corrected chi connectivity index (χ1v) is 2.16. The second kappa shape index (κ2) is 2.21. The number of hydrogen-bond donors (Lipinski definition) is 3. The molecular weight excluding hydrogens is 110 g/mol. The monoisotopic (exact) mass is 119 g/mol. The summed E-state index contributed by atoms with van der Waals surface area (Å²) in [4.78, 5) is 10.1. The molecule has 0 unspecified atom stereocenters. The fourth-order valence-electron chi connectivity index (χ4n) is 0.144. The van der Waals surface area contributed by atoms with E-state index in [2.05, 4.69) is 0 Å². The third-order valence-electron chi connectivity index (χ3n) is 0.848. The van der Waals surface area contributed by atoms with Crippen LogP contribution in [0.4, 0.5) is 0 Å². The minimum Gasteiger partial charge on any atom is -0.359 e. The maximum atomic E-state index is 10.1. The summed E-state index contributed by atoms with van der Waals surface area (Å²) in [5.41, 5.74) is 4.79. The molecule has 0 aliphatic carbocycles. The van der Waals surface area contributed by atoms with Gasteiger partial charge in [-0.25, -0.2) is 0 Å². The number of carbonyl (C=O) groups excluding carboxylic acids is 1. The van der Waals surface area contributed by atoms with Gasteiger partial charge in [0.25, 0.3) is 0 Å². The van der Waals surface area contributed by atoms with Crippen LogP contribution in [-0.4, -0.2) is 28.3 Å². The molecule has 0 amide bonds. The summed E-state index contributed by atoms with van der Waals surface area (Å²) in [6.07, 6.45) is 0. The Labute approximate surface area is 46.9 Å². The second-order valence-corrected chi connectivity index (χ2v) is 1.58. The van der Waals surface area contributed by atoms with Gasteiger partial charge in [-0.1, -0.05) is 0 Å². The van der Waals surface area contributed by atoms with Crippen molar-refractivity contribution in [1.29, 1.82) is 0 Å². The van der Waals surface area contributed by atoms with Crippen LogP contribution in [0.25, 0.3) is 0 Å². The van der Waals surface area contributed by atoms with Crippen LogP contribution in [0.3, 0.4) is 0 Å². The lowest BCUT2D eigenvalue weighted by molar-refractivity contribution is -0.176. The first-order valence-electron chi connectivity index (χ1n) is 2.16. The first kappa shape index (κ1) is 7.55. The molecule has 0 aromatic rings. The number of ketones is 1. The van der Waals surface area contributed by atoms with Crippen molar-refractivity contribution in [3.8, 4) is 0 Å². The molecule has 0 saturated carbocycles. The van der Waals surface area contributed by atoms with Gasteiger partial charge in [0, 0.05) is 6.92 Å². The SMILES string of the molecule is CC(=O)C(O)(O)CN. The number of Topliss-reactive ketones (excluding diaryl/α,β-unsaturated/α-hetero) is 1. The average molecular weight is 119 g/mol. The Bertz CT molecular complexity index is 99.5. The van der Waals surface area contributed by atoms with Crippen molar-refractivity contribution in [2.24, 2.45) is 5.73 Å². The molecule has 0 radical (unpaired) electrons. The molecule has 0 heterocycles. The maximum Gasteiger partial charge on any atom is 0.236 e. The van der Waals surface area contributed by atoms with Crippen LogP contribution in [-0.2, 0) is 4.79 Å². The van der Waals surface area contributed by atoms with Crippen molar-refractivity contribution in [3.63, 3.8) is 0 Å². The Morgan fingerprint density at radius 3 is 2.12 bits per heavy atom. The molecule has 0 aromatic carbocycles. The zero-order chi connectivity index (χ0) is 6.78. The molecule has 0 aliphatic heterocycles. The summed E-state index contributed by atoms with van der Waals surface area (Å²) in [6.45, 7) is 0.606. The van der Waals surface area contributed by atoms with Crippen LogP contribution in [0.2, 0.25) is 0 Å². The van der Waals surface area contributed by atoms with Crippen molar-refractivity contribution in [2.45, 2.75) is 12.7 Å². The van der Waals surface area contributed by atoms with Crippen molar-refractivity contribution < 1.29 is 15.0 Å². The summed E-state index contributed by atoms with van der Waals surface area (Å²) >= 11 is 0. The molecule has 4 N–H and O–H groups in total. The predicted octanol–water partition coefficient (Wildman–Crippen LogP) is -1.78. The minimum atomic E-state index is -2.32. The van der Waals surface area contributed by atoms with E-state index < -0.39 is 18.1 Å². The zero-order valence-electron chi connectivity index (χ0n) is 4.59. The predicted molar refractivity (Wildman–Crippen MR) is 26.9 cm³/mol. The molecule has 48 valence electrons. The van der Waals surface area contributed by atoms with Crippen LogP contribution >= 0.6 is 0 Å². The number of rotatable bonds is 2. The quantitative estimate of drug-likeness (QED) is 0.375. The lowest BCUT2D eigenvalue weighted by Crippen LogP contribution is -2.43. The number of hydrogen-bond acceptors (Lipinski definition) is 4. The summed E-state index contributed by atoms with van der Waals surface area (Å²) in [7, 11) is 0. The normalized spacial score (nSPS) is 11.5. The third kappa shape index (κ3) is 1.57. The molecule has 0 aliphatic rings. The van der Waals surface area contributed by atoms with E-state index >= 15 is 0 Å². The fraction of sp³-hybridized carbons (Fsp3) is 0.750. The van der Waals surface area contributed by atoms with Crippen LogP contribution in [0, 0.1) is 0 Å². The van der Waals surface area contributed by atoms with Gasteiger partial charge in [-0.15, -0.1) is 0 Å². The van der Waals surface area contributed by atoms with E-state index in [0.29, 0.717) is 0 Å². The molecule has 0 saturated heterocycles. The van der Waals surface area contributed by atoms with Gasteiger partial charge in [-0.05, 0) is 0 Å². The van der Waals surface area contributed by atoms with Crippen LogP contribution < -0.4 is 5.73 Å².